The van der Waals surface area contributed by atoms with E-state index in [1.165, 1.54) is 5.32 Å². The Hall–Kier alpha value is -0.756. The smallest absolute Gasteiger partial charge is 0.297 e. The molecule has 0 saturated carbocycles. The van der Waals surface area contributed by atoms with E-state index in [1.807, 2.05) is 25.2 Å². The fourth-order valence-electron chi connectivity index (χ4n) is 2.77. The number of halogens is 2. The Morgan fingerprint density at radius 2 is 1.91 bits per heavy atom. The van der Waals surface area contributed by atoms with Gasteiger partial charge in [-0.2, -0.15) is 0 Å². The number of carbonyl (C=O) groups is 1. The van der Waals surface area contributed by atoms with E-state index in [9.17, 15) is 4.79 Å². The molecule has 1 aromatic carbocycles. The molecule has 2 rings (SSSR count). The summed E-state index contributed by atoms with van der Waals surface area (Å²) in [6, 6.07) is 8.49. The monoisotopic (exact) mass is 386 g/mol. The molecule has 125 valence electrons. The number of rotatable bonds is 6. The highest BCUT2D eigenvalue weighted by Crippen LogP contribution is 2.22. The van der Waals surface area contributed by atoms with Crippen LogP contribution in [-0.2, 0) is 21.6 Å². The molecular weight excluding hydrogens is 365 g/mol. The number of para-hydroxylation sites is 1. The van der Waals surface area contributed by atoms with E-state index in [4.69, 9.17) is 27.6 Å². The van der Waals surface area contributed by atoms with Gasteiger partial charge in [0, 0.05) is 16.2 Å². The van der Waals surface area contributed by atoms with Crippen molar-refractivity contribution in [3.8, 4) is 0 Å². The summed E-state index contributed by atoms with van der Waals surface area (Å²) in [6.45, 7) is 8.34. The first-order chi connectivity index (χ1) is 10.8. The van der Waals surface area contributed by atoms with Crippen molar-refractivity contribution in [3.63, 3.8) is 0 Å². The Labute approximate surface area is 150 Å². The normalized spacial score (nSPS) is 12.1. The Morgan fingerprint density at radius 1 is 1.26 bits per heavy atom. The van der Waals surface area contributed by atoms with Gasteiger partial charge in [-0.15, -0.1) is 23.2 Å². The minimum Gasteiger partial charge on any atom is -0.518 e. The summed E-state index contributed by atoms with van der Waals surface area (Å²) in [5.74, 6) is -0.190. The van der Waals surface area contributed by atoms with Crippen LogP contribution in [0.15, 0.2) is 24.3 Å². The Kier molecular flexibility index (Phi) is 6.00. The summed E-state index contributed by atoms with van der Waals surface area (Å²) in [5.41, 5.74) is 2.55. The lowest BCUT2D eigenvalue weighted by Gasteiger charge is -2.20. The molecule has 7 heteroatoms. The number of aromatic nitrogens is 1. The summed E-state index contributed by atoms with van der Waals surface area (Å²) in [4.78, 5) is 12.4. The van der Waals surface area contributed by atoms with E-state index in [-0.39, 0.29) is 12.4 Å². The van der Waals surface area contributed by atoms with Crippen LogP contribution >= 0.6 is 23.2 Å². The third-order valence-corrected chi connectivity index (χ3v) is 8.81. The summed E-state index contributed by atoms with van der Waals surface area (Å²) in [6.07, 6.45) is 0.281. The molecule has 1 radical (unpaired) electrons. The summed E-state index contributed by atoms with van der Waals surface area (Å²) in [7, 11) is -2.90. The van der Waals surface area contributed by atoms with Crippen LogP contribution in [0.5, 0.6) is 0 Å². The summed E-state index contributed by atoms with van der Waals surface area (Å²) >= 11 is 12.1. The maximum Gasteiger partial charge on any atom is 0.297 e. The second-order valence-electron chi connectivity index (χ2n) is 6.44. The fourth-order valence-corrected chi connectivity index (χ4v) is 5.59. The van der Waals surface area contributed by atoms with Crippen LogP contribution in [0.25, 0.3) is 10.9 Å². The predicted octanol–water partition coefficient (Wildman–Crippen LogP) is 3.87. The van der Waals surface area contributed by atoms with Crippen molar-refractivity contribution in [2.75, 3.05) is 5.50 Å². The topological polar surface area (TPSA) is 31.2 Å². The average Bonchev–Trinajstić information content (AvgIpc) is 2.80. The standard InChI is InChI=1S/C16H22Cl2NO2Si2/c1-22(2)16-13(9-15(20)21-23(3,4)11-18)12-7-5-6-8-14(12)19(16)10-17/h5-8H,9-11H2,1-4H3. The zero-order valence-corrected chi connectivity index (χ0v) is 17.5. The van der Waals surface area contributed by atoms with Crippen molar-refractivity contribution in [2.45, 2.75) is 38.6 Å². The molecular formula is C16H22Cl2NO2Si2. The van der Waals surface area contributed by atoms with Gasteiger partial charge in [-0.1, -0.05) is 31.3 Å². The maximum atomic E-state index is 12.4. The van der Waals surface area contributed by atoms with Gasteiger partial charge in [0.05, 0.1) is 17.9 Å². The van der Waals surface area contributed by atoms with Gasteiger partial charge in [0.1, 0.15) is 8.80 Å². The minimum absolute atomic E-state index is 0.190. The van der Waals surface area contributed by atoms with Crippen molar-refractivity contribution >= 4 is 62.5 Å². The highest BCUT2D eigenvalue weighted by molar-refractivity contribution is 6.78. The van der Waals surface area contributed by atoms with Crippen molar-refractivity contribution < 1.29 is 9.22 Å². The van der Waals surface area contributed by atoms with Crippen molar-refractivity contribution in [3.05, 3.63) is 29.8 Å². The second-order valence-corrected chi connectivity index (χ2v) is 13.9. The van der Waals surface area contributed by atoms with Crippen molar-refractivity contribution in [1.29, 1.82) is 0 Å². The molecule has 3 nitrogen and oxygen atoms in total. The molecule has 2 aromatic rings. The lowest BCUT2D eigenvalue weighted by molar-refractivity contribution is -0.134. The fraction of sp³-hybridized carbons (Fsp3) is 0.438. The van der Waals surface area contributed by atoms with Gasteiger partial charge in [0.15, 0.2) is 0 Å². The molecule has 0 fully saturated rings. The molecule has 0 bridgehead atoms. The molecule has 0 aliphatic rings. The van der Waals surface area contributed by atoms with Crippen LogP contribution in [0.3, 0.4) is 0 Å². The van der Waals surface area contributed by atoms with Crippen LogP contribution in [0, 0.1) is 0 Å². The van der Waals surface area contributed by atoms with Gasteiger partial charge in [-0.3, -0.25) is 4.79 Å². The largest absolute Gasteiger partial charge is 0.518 e. The minimum atomic E-state index is -2.12. The molecule has 0 N–H and O–H groups in total. The number of carbonyl (C=O) groups excluding carboxylic acids is 1. The maximum absolute atomic E-state index is 12.4. The Bertz CT molecular complexity index is 713. The first-order valence-corrected chi connectivity index (χ1v) is 14.2. The number of alkyl halides is 2. The third-order valence-electron chi connectivity index (χ3n) is 3.70. The summed E-state index contributed by atoms with van der Waals surface area (Å²) in [5, 5.41) is 2.30. The van der Waals surface area contributed by atoms with Crippen LogP contribution in [0.2, 0.25) is 26.2 Å². The van der Waals surface area contributed by atoms with E-state index >= 15 is 0 Å². The predicted molar refractivity (Wildman–Crippen MR) is 103 cm³/mol. The van der Waals surface area contributed by atoms with Gasteiger partial charge >= 0.3 is 0 Å². The molecule has 23 heavy (non-hydrogen) atoms. The first-order valence-electron chi connectivity index (χ1n) is 7.55. The lowest BCUT2D eigenvalue weighted by Crippen LogP contribution is -2.38. The molecule has 1 heterocycles. The van der Waals surface area contributed by atoms with E-state index < -0.39 is 17.1 Å². The van der Waals surface area contributed by atoms with Crippen LogP contribution < -0.4 is 5.32 Å². The average molecular weight is 387 g/mol. The molecule has 0 saturated heterocycles. The highest BCUT2D eigenvalue weighted by atomic mass is 35.5. The number of benzene rings is 1. The SMILES string of the molecule is C[Si](C)c1c(CC(=O)O[Si](C)(C)CCl)c2ccccc2n1CCl. The molecule has 0 aliphatic heterocycles. The molecule has 0 aliphatic carbocycles. The first kappa shape index (κ1) is 18.6. The van der Waals surface area contributed by atoms with Crippen LogP contribution in [0.4, 0.5) is 0 Å². The molecule has 1 aromatic heterocycles. The van der Waals surface area contributed by atoms with Crippen LogP contribution in [-0.4, -0.2) is 33.2 Å². The van der Waals surface area contributed by atoms with E-state index in [1.54, 1.807) is 0 Å². The van der Waals surface area contributed by atoms with Gasteiger partial charge in [0.25, 0.3) is 14.3 Å². The summed E-state index contributed by atoms with van der Waals surface area (Å²) < 4.78 is 7.78. The second kappa shape index (κ2) is 7.42. The zero-order valence-electron chi connectivity index (χ0n) is 14.0. The van der Waals surface area contributed by atoms with Crippen LogP contribution in [0.1, 0.15) is 5.56 Å². The third kappa shape index (κ3) is 4.02. The van der Waals surface area contributed by atoms with Gasteiger partial charge in [-0.05, 0) is 24.7 Å². The molecule has 0 unspecified atom stereocenters. The van der Waals surface area contributed by atoms with Gasteiger partial charge < -0.3 is 8.99 Å². The van der Waals surface area contributed by atoms with Gasteiger partial charge in [0.2, 0.25) is 0 Å². The van der Waals surface area contributed by atoms with E-state index in [2.05, 4.69) is 29.8 Å². The Morgan fingerprint density at radius 3 is 2.48 bits per heavy atom. The Balaban J connectivity index is 2.47. The zero-order chi connectivity index (χ0) is 17.2. The van der Waals surface area contributed by atoms with E-state index in [0.717, 1.165) is 16.5 Å². The quantitative estimate of drug-likeness (QED) is 0.557. The number of hydrogen-bond acceptors (Lipinski definition) is 2. The lowest BCUT2D eigenvalue weighted by atomic mass is 10.1. The van der Waals surface area contributed by atoms with Gasteiger partial charge in [-0.25, -0.2) is 0 Å². The number of hydrogen-bond donors (Lipinski definition) is 0. The number of fused-ring (bicyclic) bond motifs is 1. The number of nitrogens with zero attached hydrogens (tertiary/aromatic N) is 1. The van der Waals surface area contributed by atoms with E-state index in [0.29, 0.717) is 11.5 Å². The molecule has 0 spiro atoms. The highest BCUT2D eigenvalue weighted by Gasteiger charge is 2.28. The van der Waals surface area contributed by atoms with Crippen molar-refractivity contribution in [2.24, 2.45) is 0 Å². The molecule has 0 atom stereocenters. The van der Waals surface area contributed by atoms with Crippen molar-refractivity contribution in [1.82, 2.24) is 4.57 Å². The molecule has 0 amide bonds.